The van der Waals surface area contributed by atoms with Crippen molar-refractivity contribution in [3.05, 3.63) is 0 Å². The lowest BCUT2D eigenvalue weighted by molar-refractivity contribution is -0.140. The standard InChI is InChI=1S/C6H8N2O3/c1-2-3-8-5(10)4(9)7-6(8)11/h2-3H2,1H3,(H,7,9,11). The average Bonchev–Trinajstić information content (AvgIpc) is 2.17. The first-order valence-electron chi connectivity index (χ1n) is 3.33. The van der Waals surface area contributed by atoms with Crippen LogP contribution in [0.25, 0.3) is 0 Å². The first-order chi connectivity index (χ1) is 5.16. The van der Waals surface area contributed by atoms with Gasteiger partial charge in [-0.1, -0.05) is 6.92 Å². The Morgan fingerprint density at radius 1 is 1.36 bits per heavy atom. The molecule has 0 aromatic rings. The molecule has 1 heterocycles. The van der Waals surface area contributed by atoms with E-state index >= 15 is 0 Å². The van der Waals surface area contributed by atoms with E-state index < -0.39 is 17.8 Å². The molecule has 0 radical (unpaired) electrons. The minimum Gasteiger partial charge on any atom is -0.269 e. The highest BCUT2D eigenvalue weighted by molar-refractivity contribution is 6.44. The van der Waals surface area contributed by atoms with Crippen molar-refractivity contribution in [2.75, 3.05) is 6.54 Å². The molecule has 0 aromatic carbocycles. The van der Waals surface area contributed by atoms with E-state index in [0.29, 0.717) is 13.0 Å². The van der Waals surface area contributed by atoms with Gasteiger partial charge in [0.2, 0.25) is 0 Å². The number of urea groups is 1. The molecule has 11 heavy (non-hydrogen) atoms. The molecule has 0 saturated carbocycles. The van der Waals surface area contributed by atoms with E-state index in [9.17, 15) is 14.4 Å². The summed E-state index contributed by atoms with van der Waals surface area (Å²) in [5, 5.41) is 1.90. The zero-order valence-electron chi connectivity index (χ0n) is 6.09. The molecule has 1 aliphatic rings. The van der Waals surface area contributed by atoms with Crippen LogP contribution in [0.1, 0.15) is 13.3 Å². The van der Waals surface area contributed by atoms with Crippen LogP contribution in [-0.4, -0.2) is 29.3 Å². The normalized spacial score (nSPS) is 17.5. The third-order valence-electron chi connectivity index (χ3n) is 1.35. The van der Waals surface area contributed by atoms with Gasteiger partial charge in [-0.25, -0.2) is 4.79 Å². The van der Waals surface area contributed by atoms with Gasteiger partial charge in [-0.05, 0) is 6.42 Å². The molecule has 0 bridgehead atoms. The Morgan fingerprint density at radius 3 is 2.36 bits per heavy atom. The third kappa shape index (κ3) is 1.21. The Hall–Kier alpha value is -1.39. The van der Waals surface area contributed by atoms with Crippen molar-refractivity contribution in [3.8, 4) is 0 Å². The largest absolute Gasteiger partial charge is 0.331 e. The topological polar surface area (TPSA) is 66.5 Å². The molecule has 0 spiro atoms. The van der Waals surface area contributed by atoms with Gasteiger partial charge in [-0.15, -0.1) is 0 Å². The molecular weight excluding hydrogens is 148 g/mol. The maximum Gasteiger partial charge on any atom is 0.331 e. The van der Waals surface area contributed by atoms with E-state index in [4.69, 9.17) is 0 Å². The van der Waals surface area contributed by atoms with Crippen LogP contribution in [0.15, 0.2) is 0 Å². The van der Waals surface area contributed by atoms with Gasteiger partial charge in [0, 0.05) is 6.54 Å². The molecule has 4 amide bonds. The van der Waals surface area contributed by atoms with Crippen LogP contribution in [0.2, 0.25) is 0 Å². The molecule has 1 N–H and O–H groups in total. The number of rotatable bonds is 2. The SMILES string of the molecule is CCCN1C(=O)NC(=O)C1=O. The van der Waals surface area contributed by atoms with E-state index in [1.165, 1.54) is 0 Å². The van der Waals surface area contributed by atoms with Crippen molar-refractivity contribution in [2.24, 2.45) is 0 Å². The van der Waals surface area contributed by atoms with Gasteiger partial charge in [-0.2, -0.15) is 0 Å². The smallest absolute Gasteiger partial charge is 0.269 e. The monoisotopic (exact) mass is 156 g/mol. The number of hydrogen-bond donors (Lipinski definition) is 1. The van der Waals surface area contributed by atoms with Crippen molar-refractivity contribution in [2.45, 2.75) is 13.3 Å². The number of nitrogens with one attached hydrogen (secondary N) is 1. The van der Waals surface area contributed by atoms with E-state index in [0.717, 1.165) is 4.90 Å². The summed E-state index contributed by atoms with van der Waals surface area (Å²) in [5.74, 6) is -1.58. The highest BCUT2D eigenvalue weighted by atomic mass is 16.2. The summed E-state index contributed by atoms with van der Waals surface area (Å²) < 4.78 is 0. The average molecular weight is 156 g/mol. The molecule has 0 aromatic heterocycles. The maximum atomic E-state index is 10.8. The lowest BCUT2D eigenvalue weighted by Gasteiger charge is -2.07. The molecule has 0 unspecified atom stereocenters. The lowest BCUT2D eigenvalue weighted by atomic mass is 10.4. The summed E-state index contributed by atoms with van der Waals surface area (Å²) >= 11 is 0. The number of carbonyl (C=O) groups is 3. The molecule has 1 fully saturated rings. The Balaban J connectivity index is 2.71. The maximum absolute atomic E-state index is 10.8. The van der Waals surface area contributed by atoms with Gasteiger partial charge < -0.3 is 0 Å². The number of hydrogen-bond acceptors (Lipinski definition) is 3. The highest BCUT2D eigenvalue weighted by Crippen LogP contribution is 2.00. The van der Waals surface area contributed by atoms with Crippen LogP contribution < -0.4 is 5.32 Å². The van der Waals surface area contributed by atoms with Crippen molar-refractivity contribution in [1.82, 2.24) is 10.2 Å². The van der Waals surface area contributed by atoms with Gasteiger partial charge in [0.15, 0.2) is 0 Å². The number of nitrogens with zero attached hydrogens (tertiary/aromatic N) is 1. The van der Waals surface area contributed by atoms with Crippen molar-refractivity contribution < 1.29 is 14.4 Å². The summed E-state index contributed by atoms with van der Waals surface area (Å²) in [4.78, 5) is 33.0. The van der Waals surface area contributed by atoms with Crippen LogP contribution >= 0.6 is 0 Å². The van der Waals surface area contributed by atoms with Gasteiger partial charge in [0.05, 0.1) is 0 Å². The van der Waals surface area contributed by atoms with Crippen LogP contribution in [0, 0.1) is 0 Å². The predicted octanol–water partition coefficient (Wildman–Crippen LogP) is -0.525. The van der Waals surface area contributed by atoms with Crippen LogP contribution in [-0.2, 0) is 9.59 Å². The van der Waals surface area contributed by atoms with Crippen molar-refractivity contribution in [3.63, 3.8) is 0 Å². The summed E-state index contributed by atoms with van der Waals surface area (Å²) in [6.07, 6.45) is 0.659. The minimum atomic E-state index is -0.830. The van der Waals surface area contributed by atoms with Crippen LogP contribution in [0.5, 0.6) is 0 Å². The second kappa shape index (κ2) is 2.69. The van der Waals surface area contributed by atoms with E-state index in [1.54, 1.807) is 0 Å². The Kier molecular flexibility index (Phi) is 1.89. The van der Waals surface area contributed by atoms with E-state index in [-0.39, 0.29) is 0 Å². The summed E-state index contributed by atoms with van der Waals surface area (Å²) in [5.41, 5.74) is 0. The molecule has 1 aliphatic heterocycles. The van der Waals surface area contributed by atoms with Gasteiger partial charge in [0.25, 0.3) is 0 Å². The fourth-order valence-corrected chi connectivity index (χ4v) is 0.860. The minimum absolute atomic E-state index is 0.302. The zero-order chi connectivity index (χ0) is 8.43. The molecule has 60 valence electrons. The molecule has 5 heteroatoms. The number of imide groups is 2. The summed E-state index contributed by atoms with van der Waals surface area (Å²) in [7, 11) is 0. The predicted molar refractivity (Wildman–Crippen MR) is 35.5 cm³/mol. The zero-order valence-corrected chi connectivity index (χ0v) is 6.09. The fourth-order valence-electron chi connectivity index (χ4n) is 0.860. The molecule has 5 nitrogen and oxygen atoms in total. The van der Waals surface area contributed by atoms with Crippen molar-refractivity contribution in [1.29, 1.82) is 0 Å². The van der Waals surface area contributed by atoms with Crippen LogP contribution in [0.3, 0.4) is 0 Å². The molecule has 1 rings (SSSR count). The Labute approximate surface area is 63.4 Å². The Morgan fingerprint density at radius 2 is 2.00 bits per heavy atom. The quantitative estimate of drug-likeness (QED) is 0.432. The molecule has 0 atom stereocenters. The van der Waals surface area contributed by atoms with E-state index in [2.05, 4.69) is 0 Å². The number of carbonyl (C=O) groups excluding carboxylic acids is 3. The first-order valence-corrected chi connectivity index (χ1v) is 3.33. The fraction of sp³-hybridized carbons (Fsp3) is 0.500. The second-order valence-electron chi connectivity index (χ2n) is 2.22. The lowest BCUT2D eigenvalue weighted by Crippen LogP contribution is -2.31. The molecule has 0 aliphatic carbocycles. The second-order valence-corrected chi connectivity index (χ2v) is 2.22. The van der Waals surface area contributed by atoms with Gasteiger partial charge >= 0.3 is 17.8 Å². The van der Waals surface area contributed by atoms with E-state index in [1.807, 2.05) is 12.2 Å². The highest BCUT2D eigenvalue weighted by Gasteiger charge is 2.35. The van der Waals surface area contributed by atoms with Crippen LogP contribution in [0.4, 0.5) is 4.79 Å². The molecule has 1 saturated heterocycles. The number of amides is 4. The van der Waals surface area contributed by atoms with Crippen molar-refractivity contribution >= 4 is 17.8 Å². The molecular formula is C6H8N2O3. The first kappa shape index (κ1) is 7.71. The van der Waals surface area contributed by atoms with Gasteiger partial charge in [0.1, 0.15) is 0 Å². The van der Waals surface area contributed by atoms with Gasteiger partial charge in [-0.3, -0.25) is 19.8 Å². The summed E-state index contributed by atoms with van der Waals surface area (Å²) in [6, 6.07) is -0.609. The third-order valence-corrected chi connectivity index (χ3v) is 1.35. The Bertz CT molecular complexity index is 224. The summed E-state index contributed by atoms with van der Waals surface area (Å²) in [6.45, 7) is 2.12.